The van der Waals surface area contributed by atoms with E-state index in [9.17, 15) is 4.79 Å². The Kier molecular flexibility index (Phi) is 2.66. The maximum atomic E-state index is 10.9. The van der Waals surface area contributed by atoms with Crippen LogP contribution in [-0.4, -0.2) is 28.7 Å². The largest absolute Gasteiger partial charge is 0.382 e. The lowest BCUT2D eigenvalue weighted by molar-refractivity contribution is -0.122. The lowest BCUT2D eigenvalue weighted by Crippen LogP contribution is -2.42. The molecule has 0 bridgehead atoms. The van der Waals surface area contributed by atoms with Crippen molar-refractivity contribution in [1.29, 1.82) is 0 Å². The number of aromatic nitrogens is 2. The number of piperidine rings is 1. The van der Waals surface area contributed by atoms with Crippen LogP contribution in [0.5, 0.6) is 0 Å². The van der Waals surface area contributed by atoms with Gasteiger partial charge in [0.1, 0.15) is 11.6 Å². The molecule has 0 spiro atoms. The van der Waals surface area contributed by atoms with Crippen molar-refractivity contribution in [3.8, 4) is 0 Å². The van der Waals surface area contributed by atoms with Gasteiger partial charge in [-0.1, -0.05) is 0 Å². The van der Waals surface area contributed by atoms with Gasteiger partial charge in [0.05, 0.1) is 0 Å². The Labute approximate surface area is 87.3 Å². The van der Waals surface area contributed by atoms with E-state index in [1.54, 1.807) is 12.1 Å². The summed E-state index contributed by atoms with van der Waals surface area (Å²) in [7, 11) is 0. The van der Waals surface area contributed by atoms with Crippen LogP contribution in [0.1, 0.15) is 12.8 Å². The molecule has 1 unspecified atom stereocenters. The van der Waals surface area contributed by atoms with Crippen molar-refractivity contribution in [2.75, 3.05) is 17.6 Å². The summed E-state index contributed by atoms with van der Waals surface area (Å²) in [5.41, 5.74) is 5.42. The van der Waals surface area contributed by atoms with E-state index in [0.29, 0.717) is 24.6 Å². The number of carbonyl (C=O) groups excluding carboxylic acids is 1. The maximum absolute atomic E-state index is 10.9. The smallest absolute Gasteiger partial charge is 0.220 e. The second-order valence-corrected chi connectivity index (χ2v) is 3.53. The summed E-state index contributed by atoms with van der Waals surface area (Å²) in [6.45, 7) is 0.630. The summed E-state index contributed by atoms with van der Waals surface area (Å²) in [5.74, 6) is 1.19. The van der Waals surface area contributed by atoms with Gasteiger partial charge in [-0.3, -0.25) is 4.79 Å². The molecule has 1 aromatic rings. The quantitative estimate of drug-likeness (QED) is 0.621. The lowest BCUT2D eigenvalue weighted by atomic mass is 10.1. The topological polar surface area (TPSA) is 92.9 Å². The van der Waals surface area contributed by atoms with Gasteiger partial charge in [0.2, 0.25) is 5.91 Å². The van der Waals surface area contributed by atoms with Gasteiger partial charge in [-0.2, -0.15) is 0 Å². The minimum Gasteiger partial charge on any atom is -0.382 e. The van der Waals surface area contributed by atoms with Gasteiger partial charge in [0.15, 0.2) is 0 Å². The molecule has 0 aromatic carbocycles. The summed E-state index contributed by atoms with van der Waals surface area (Å²) < 4.78 is 0. The second-order valence-electron chi connectivity index (χ2n) is 3.53. The Morgan fingerprint density at radius 1 is 1.47 bits per heavy atom. The van der Waals surface area contributed by atoms with Crippen LogP contribution in [0, 0.1) is 0 Å². The minimum absolute atomic E-state index is 0.108. The van der Waals surface area contributed by atoms with Crippen LogP contribution in [0.2, 0.25) is 0 Å². The third-order valence-corrected chi connectivity index (χ3v) is 2.30. The molecule has 1 aromatic heterocycles. The van der Waals surface area contributed by atoms with Gasteiger partial charge in [-0.25, -0.2) is 0 Å². The van der Waals surface area contributed by atoms with Gasteiger partial charge in [0, 0.05) is 19.0 Å². The monoisotopic (exact) mass is 207 g/mol. The van der Waals surface area contributed by atoms with E-state index in [0.717, 1.165) is 6.42 Å². The summed E-state index contributed by atoms with van der Waals surface area (Å²) in [6, 6.07) is 3.69. The Balaban J connectivity index is 1.91. The SMILES string of the molecule is Nc1ccc(NC2CCC(=O)NC2)nn1. The number of hydrogen-bond donors (Lipinski definition) is 3. The van der Waals surface area contributed by atoms with E-state index in [2.05, 4.69) is 20.8 Å². The first-order valence-corrected chi connectivity index (χ1v) is 4.86. The highest BCUT2D eigenvalue weighted by molar-refractivity contribution is 5.76. The van der Waals surface area contributed by atoms with Crippen LogP contribution in [0.4, 0.5) is 11.6 Å². The molecule has 1 fully saturated rings. The van der Waals surface area contributed by atoms with E-state index in [1.807, 2.05) is 0 Å². The van der Waals surface area contributed by atoms with Gasteiger partial charge < -0.3 is 16.4 Å². The highest BCUT2D eigenvalue weighted by Gasteiger charge is 2.17. The standard InChI is InChI=1S/C9H13N5O/c10-7-2-3-8(14-13-7)12-6-1-4-9(15)11-5-6/h2-3,6H,1,4-5H2,(H2,10,13)(H,11,15)(H,12,14). The van der Waals surface area contributed by atoms with E-state index >= 15 is 0 Å². The number of nitrogens with two attached hydrogens (primary N) is 1. The molecular weight excluding hydrogens is 194 g/mol. The molecule has 0 radical (unpaired) electrons. The molecule has 1 aliphatic heterocycles. The van der Waals surface area contributed by atoms with Crippen molar-refractivity contribution in [1.82, 2.24) is 15.5 Å². The Hall–Kier alpha value is -1.85. The van der Waals surface area contributed by atoms with E-state index < -0.39 is 0 Å². The van der Waals surface area contributed by atoms with Crippen LogP contribution in [-0.2, 0) is 4.79 Å². The molecule has 6 heteroatoms. The van der Waals surface area contributed by atoms with Crippen LogP contribution in [0.3, 0.4) is 0 Å². The number of nitrogens with zero attached hydrogens (tertiary/aromatic N) is 2. The van der Waals surface area contributed by atoms with Gasteiger partial charge in [0.25, 0.3) is 0 Å². The summed E-state index contributed by atoms with van der Waals surface area (Å²) >= 11 is 0. The van der Waals surface area contributed by atoms with Crippen molar-refractivity contribution in [2.24, 2.45) is 0 Å². The average molecular weight is 207 g/mol. The Bertz CT molecular complexity index is 340. The van der Waals surface area contributed by atoms with Gasteiger partial charge in [-0.15, -0.1) is 10.2 Å². The molecule has 0 aliphatic carbocycles. The zero-order chi connectivity index (χ0) is 10.7. The minimum atomic E-state index is 0.108. The lowest BCUT2D eigenvalue weighted by Gasteiger charge is -2.23. The molecular formula is C9H13N5O. The highest BCUT2D eigenvalue weighted by Crippen LogP contribution is 2.10. The van der Waals surface area contributed by atoms with Crippen LogP contribution in [0.25, 0.3) is 0 Å². The van der Waals surface area contributed by atoms with Gasteiger partial charge >= 0.3 is 0 Å². The van der Waals surface area contributed by atoms with Gasteiger partial charge in [-0.05, 0) is 18.6 Å². The van der Waals surface area contributed by atoms with E-state index in [4.69, 9.17) is 5.73 Å². The van der Waals surface area contributed by atoms with Crippen molar-refractivity contribution in [3.05, 3.63) is 12.1 Å². The number of amides is 1. The third kappa shape index (κ3) is 2.55. The molecule has 6 nitrogen and oxygen atoms in total. The second kappa shape index (κ2) is 4.12. The van der Waals surface area contributed by atoms with Crippen molar-refractivity contribution >= 4 is 17.5 Å². The number of nitrogen functional groups attached to an aromatic ring is 1. The first kappa shape index (κ1) is 9.70. The number of hydrogen-bond acceptors (Lipinski definition) is 5. The predicted molar refractivity (Wildman–Crippen MR) is 56.1 cm³/mol. The van der Waals surface area contributed by atoms with Crippen LogP contribution in [0.15, 0.2) is 12.1 Å². The molecule has 1 aliphatic rings. The molecule has 1 amide bonds. The molecule has 0 saturated carbocycles. The average Bonchev–Trinajstić information content (AvgIpc) is 2.25. The summed E-state index contributed by atoms with van der Waals surface area (Å²) in [6.07, 6.45) is 1.37. The number of anilines is 2. The fraction of sp³-hybridized carbons (Fsp3) is 0.444. The summed E-state index contributed by atoms with van der Waals surface area (Å²) in [4.78, 5) is 10.9. The van der Waals surface area contributed by atoms with E-state index in [-0.39, 0.29) is 11.9 Å². The molecule has 2 rings (SSSR count). The van der Waals surface area contributed by atoms with Crippen LogP contribution >= 0.6 is 0 Å². The number of nitrogens with one attached hydrogen (secondary N) is 2. The van der Waals surface area contributed by atoms with Crippen molar-refractivity contribution in [3.63, 3.8) is 0 Å². The van der Waals surface area contributed by atoms with Crippen molar-refractivity contribution in [2.45, 2.75) is 18.9 Å². The number of rotatable bonds is 2. The zero-order valence-corrected chi connectivity index (χ0v) is 8.23. The molecule has 1 saturated heterocycles. The highest BCUT2D eigenvalue weighted by atomic mass is 16.1. The van der Waals surface area contributed by atoms with Crippen molar-refractivity contribution < 1.29 is 4.79 Å². The predicted octanol–water partition coefficient (Wildman–Crippen LogP) is -0.251. The molecule has 80 valence electrons. The zero-order valence-electron chi connectivity index (χ0n) is 8.23. The fourth-order valence-electron chi connectivity index (χ4n) is 1.48. The molecule has 15 heavy (non-hydrogen) atoms. The first-order chi connectivity index (χ1) is 7.24. The van der Waals surface area contributed by atoms with E-state index in [1.165, 1.54) is 0 Å². The molecule has 2 heterocycles. The Morgan fingerprint density at radius 3 is 2.93 bits per heavy atom. The molecule has 4 N–H and O–H groups in total. The Morgan fingerprint density at radius 2 is 2.33 bits per heavy atom. The normalized spacial score (nSPS) is 20.8. The summed E-state index contributed by atoms with van der Waals surface area (Å²) in [5, 5.41) is 13.6. The third-order valence-electron chi connectivity index (χ3n) is 2.30. The molecule has 1 atom stereocenters. The fourth-order valence-corrected chi connectivity index (χ4v) is 1.48. The first-order valence-electron chi connectivity index (χ1n) is 4.86. The maximum Gasteiger partial charge on any atom is 0.220 e. The number of carbonyl (C=O) groups is 1. The van der Waals surface area contributed by atoms with Crippen LogP contribution < -0.4 is 16.4 Å².